The molecule has 0 bridgehead atoms. The summed E-state index contributed by atoms with van der Waals surface area (Å²) >= 11 is 0. The normalized spacial score (nSPS) is 12.9. The number of nitrogens with zero attached hydrogens (tertiary/aromatic N) is 1. The van der Waals surface area contributed by atoms with E-state index >= 15 is 0 Å². The van der Waals surface area contributed by atoms with E-state index in [1.807, 2.05) is 6.92 Å². The van der Waals surface area contributed by atoms with Crippen molar-refractivity contribution < 1.29 is 18.4 Å². The molecule has 1 rings (SSSR count). The van der Waals surface area contributed by atoms with Gasteiger partial charge in [-0.25, -0.2) is 8.42 Å². The van der Waals surface area contributed by atoms with Gasteiger partial charge in [0.25, 0.3) is 5.69 Å². The molecule has 0 aliphatic heterocycles. The van der Waals surface area contributed by atoms with Crippen LogP contribution in [-0.2, 0) is 9.84 Å². The number of hydrogen-bond donors (Lipinski definition) is 2. The second-order valence-corrected chi connectivity index (χ2v) is 6.52. The summed E-state index contributed by atoms with van der Waals surface area (Å²) in [5, 5.41) is 23.1. The molecule has 0 aliphatic carbocycles. The van der Waals surface area contributed by atoms with Crippen LogP contribution in [0.4, 0.5) is 11.4 Å². The topological polar surface area (TPSA) is 110 Å². The van der Waals surface area contributed by atoms with E-state index in [-0.39, 0.29) is 22.8 Å². The summed E-state index contributed by atoms with van der Waals surface area (Å²) in [4.78, 5) is 9.90. The van der Waals surface area contributed by atoms with E-state index in [0.717, 1.165) is 18.7 Å². The van der Waals surface area contributed by atoms with Gasteiger partial charge >= 0.3 is 0 Å². The van der Waals surface area contributed by atoms with E-state index in [2.05, 4.69) is 5.32 Å². The molecule has 0 heterocycles. The number of nitro groups is 1. The molecule has 1 atom stereocenters. The van der Waals surface area contributed by atoms with Gasteiger partial charge in [-0.05, 0) is 12.5 Å². The second kappa shape index (κ2) is 6.67. The molecule has 20 heavy (non-hydrogen) atoms. The first-order chi connectivity index (χ1) is 9.25. The van der Waals surface area contributed by atoms with E-state index in [9.17, 15) is 23.6 Å². The van der Waals surface area contributed by atoms with Gasteiger partial charge in [-0.2, -0.15) is 0 Å². The summed E-state index contributed by atoms with van der Waals surface area (Å²) in [7, 11) is -3.60. The largest absolute Gasteiger partial charge is 0.391 e. The van der Waals surface area contributed by atoms with Crippen LogP contribution in [0, 0.1) is 10.1 Å². The molecule has 1 aromatic rings. The Balaban J connectivity index is 3.04. The number of aliphatic hydroxyl groups is 1. The van der Waals surface area contributed by atoms with Crippen LogP contribution in [0.3, 0.4) is 0 Å². The highest BCUT2D eigenvalue weighted by atomic mass is 32.2. The summed E-state index contributed by atoms with van der Waals surface area (Å²) in [6.07, 6.45) is 1.79. The summed E-state index contributed by atoms with van der Waals surface area (Å²) in [5.41, 5.74) is -0.0293. The fourth-order valence-electron chi connectivity index (χ4n) is 1.74. The third-order valence-electron chi connectivity index (χ3n) is 2.73. The van der Waals surface area contributed by atoms with Crippen molar-refractivity contribution in [2.75, 3.05) is 18.1 Å². The average molecular weight is 302 g/mol. The van der Waals surface area contributed by atoms with Gasteiger partial charge in [0.05, 0.1) is 21.6 Å². The molecule has 0 saturated heterocycles. The molecule has 0 saturated carbocycles. The lowest BCUT2D eigenvalue weighted by atomic mass is 10.2. The molecule has 0 fully saturated rings. The van der Waals surface area contributed by atoms with Gasteiger partial charge in [0.2, 0.25) is 0 Å². The number of benzene rings is 1. The lowest BCUT2D eigenvalue weighted by Crippen LogP contribution is -2.20. The zero-order valence-electron chi connectivity index (χ0n) is 11.4. The molecule has 0 spiro atoms. The first kappa shape index (κ1) is 16.4. The van der Waals surface area contributed by atoms with Crippen molar-refractivity contribution in [2.45, 2.75) is 30.8 Å². The van der Waals surface area contributed by atoms with Gasteiger partial charge in [0, 0.05) is 24.9 Å². The number of anilines is 1. The lowest BCUT2D eigenvalue weighted by Gasteiger charge is -2.14. The predicted octanol–water partition coefficient (Wildman–Crippen LogP) is 1.57. The number of sulfone groups is 1. The first-order valence-electron chi connectivity index (χ1n) is 6.16. The maximum Gasteiger partial charge on any atom is 0.270 e. The molecule has 0 aliphatic rings. The van der Waals surface area contributed by atoms with E-state index < -0.39 is 20.9 Å². The van der Waals surface area contributed by atoms with Gasteiger partial charge in [-0.15, -0.1) is 0 Å². The fourth-order valence-corrected chi connectivity index (χ4v) is 2.61. The van der Waals surface area contributed by atoms with Gasteiger partial charge in [-0.3, -0.25) is 10.1 Å². The fraction of sp³-hybridized carbons (Fsp3) is 0.500. The molecule has 8 heteroatoms. The van der Waals surface area contributed by atoms with Crippen LogP contribution in [0.2, 0.25) is 0 Å². The van der Waals surface area contributed by atoms with Crippen molar-refractivity contribution in [1.82, 2.24) is 0 Å². The van der Waals surface area contributed by atoms with Crippen LogP contribution < -0.4 is 5.32 Å². The number of aliphatic hydroxyl groups excluding tert-OH is 1. The Bertz CT molecular complexity index is 586. The van der Waals surface area contributed by atoms with Crippen molar-refractivity contribution in [3.8, 4) is 0 Å². The summed E-state index contributed by atoms with van der Waals surface area (Å²) in [6, 6.07) is 3.58. The first-order valence-corrected chi connectivity index (χ1v) is 8.05. The van der Waals surface area contributed by atoms with Gasteiger partial charge in [-0.1, -0.05) is 13.3 Å². The standard InChI is InChI=1S/C12H18N2O5S/c1-3-4-10(15)8-13-11-6-5-9(14(16)17)7-12(11)20(2,18)19/h5-7,10,13,15H,3-4,8H2,1-2H3. The minimum atomic E-state index is -3.60. The molecule has 0 radical (unpaired) electrons. The molecule has 1 unspecified atom stereocenters. The van der Waals surface area contributed by atoms with E-state index in [4.69, 9.17) is 0 Å². The SMILES string of the molecule is CCCC(O)CNc1ccc([N+](=O)[O-])cc1S(C)(=O)=O. The Hall–Kier alpha value is -1.67. The average Bonchev–Trinajstić information content (AvgIpc) is 2.35. The van der Waals surface area contributed by atoms with Gasteiger partial charge in [0.15, 0.2) is 9.84 Å². The van der Waals surface area contributed by atoms with Crippen LogP contribution in [0.15, 0.2) is 23.1 Å². The Morgan fingerprint density at radius 1 is 1.45 bits per heavy atom. The van der Waals surface area contributed by atoms with Crippen molar-refractivity contribution in [2.24, 2.45) is 0 Å². The van der Waals surface area contributed by atoms with Crippen LogP contribution in [0.5, 0.6) is 0 Å². The van der Waals surface area contributed by atoms with Gasteiger partial charge < -0.3 is 10.4 Å². The lowest BCUT2D eigenvalue weighted by molar-refractivity contribution is -0.385. The third-order valence-corrected chi connectivity index (χ3v) is 3.86. The van der Waals surface area contributed by atoms with Crippen molar-refractivity contribution in [1.29, 1.82) is 0 Å². The van der Waals surface area contributed by atoms with E-state index in [1.54, 1.807) is 0 Å². The molecule has 0 amide bonds. The predicted molar refractivity (Wildman–Crippen MR) is 75.6 cm³/mol. The third kappa shape index (κ3) is 4.46. The highest BCUT2D eigenvalue weighted by molar-refractivity contribution is 7.90. The van der Waals surface area contributed by atoms with Crippen LogP contribution in [-0.4, -0.2) is 37.4 Å². The van der Waals surface area contributed by atoms with Crippen molar-refractivity contribution in [3.05, 3.63) is 28.3 Å². The maximum atomic E-state index is 11.7. The van der Waals surface area contributed by atoms with E-state index in [1.165, 1.54) is 12.1 Å². The van der Waals surface area contributed by atoms with Crippen molar-refractivity contribution in [3.63, 3.8) is 0 Å². The number of nitrogens with one attached hydrogen (secondary N) is 1. The molecule has 2 N–H and O–H groups in total. The number of rotatable bonds is 7. The maximum absolute atomic E-state index is 11.7. The molecule has 112 valence electrons. The second-order valence-electron chi connectivity index (χ2n) is 4.53. The summed E-state index contributed by atoms with van der Waals surface area (Å²) < 4.78 is 23.3. The molecule has 0 aromatic heterocycles. The summed E-state index contributed by atoms with van der Waals surface area (Å²) in [6.45, 7) is 2.12. The minimum absolute atomic E-state index is 0.143. The van der Waals surface area contributed by atoms with Crippen LogP contribution >= 0.6 is 0 Å². The molecular formula is C12H18N2O5S. The van der Waals surface area contributed by atoms with Crippen LogP contribution in [0.25, 0.3) is 0 Å². The zero-order chi connectivity index (χ0) is 15.3. The molecular weight excluding hydrogens is 284 g/mol. The zero-order valence-corrected chi connectivity index (χ0v) is 12.2. The van der Waals surface area contributed by atoms with Gasteiger partial charge in [0.1, 0.15) is 0 Å². The minimum Gasteiger partial charge on any atom is -0.391 e. The Kier molecular flexibility index (Phi) is 5.46. The molecule has 7 nitrogen and oxygen atoms in total. The summed E-state index contributed by atoms with van der Waals surface area (Å²) in [5.74, 6) is 0. The number of non-ortho nitro benzene ring substituents is 1. The monoisotopic (exact) mass is 302 g/mol. The highest BCUT2D eigenvalue weighted by Gasteiger charge is 2.18. The molecule has 1 aromatic carbocycles. The quantitative estimate of drug-likeness (QED) is 0.584. The number of hydrogen-bond acceptors (Lipinski definition) is 6. The van der Waals surface area contributed by atoms with E-state index in [0.29, 0.717) is 6.42 Å². The highest BCUT2D eigenvalue weighted by Crippen LogP contribution is 2.26. The Labute approximate surface area is 117 Å². The van der Waals surface area contributed by atoms with Crippen molar-refractivity contribution >= 4 is 21.2 Å². The Morgan fingerprint density at radius 3 is 2.60 bits per heavy atom. The smallest absolute Gasteiger partial charge is 0.270 e. The Morgan fingerprint density at radius 2 is 2.10 bits per heavy atom. The number of nitro benzene ring substituents is 1. The van der Waals surface area contributed by atoms with Crippen LogP contribution in [0.1, 0.15) is 19.8 Å².